The van der Waals surface area contributed by atoms with E-state index in [2.05, 4.69) is 27.8 Å². The zero-order valence-electron chi connectivity index (χ0n) is 18.1. The molecule has 0 aromatic heterocycles. The second-order valence-corrected chi connectivity index (χ2v) is 9.19. The minimum absolute atomic E-state index is 0.0418. The van der Waals surface area contributed by atoms with Crippen molar-refractivity contribution in [1.82, 2.24) is 5.32 Å². The highest BCUT2D eigenvalue weighted by Crippen LogP contribution is 2.39. The van der Waals surface area contributed by atoms with E-state index < -0.39 is 33.9 Å². The highest BCUT2D eigenvalue weighted by Gasteiger charge is 2.39. The summed E-state index contributed by atoms with van der Waals surface area (Å²) in [6, 6.07) is 6.04. The first-order valence-electron chi connectivity index (χ1n) is 9.99. The van der Waals surface area contributed by atoms with Crippen LogP contribution < -0.4 is 5.32 Å². The van der Waals surface area contributed by atoms with Crippen LogP contribution in [0, 0.1) is 11.7 Å². The summed E-state index contributed by atoms with van der Waals surface area (Å²) in [5.41, 5.74) is 0.158. The SMILES string of the molecule is C=C(NC(=O)c1ccc(C=CC(c2cc(Cl)c(F)c(Cl)c2)C(F)(F)F)cc1Br)C(=O)C(C)CC. The summed E-state index contributed by atoms with van der Waals surface area (Å²) in [4.78, 5) is 24.6. The van der Waals surface area contributed by atoms with Gasteiger partial charge in [-0.2, -0.15) is 13.2 Å². The molecule has 2 aromatic carbocycles. The third-order valence-corrected chi connectivity index (χ3v) is 6.26. The third-order valence-electron chi connectivity index (χ3n) is 5.06. The number of rotatable bonds is 8. The Kier molecular flexibility index (Phi) is 9.51. The molecular weight excluding hydrogens is 561 g/mol. The maximum absolute atomic E-state index is 13.7. The van der Waals surface area contributed by atoms with Gasteiger partial charge in [-0.1, -0.05) is 61.8 Å². The lowest BCUT2D eigenvalue weighted by atomic mass is 9.96. The Labute approximate surface area is 212 Å². The fraction of sp³-hybridized carbons (Fsp3) is 0.250. The molecule has 2 rings (SSSR count). The Balaban J connectivity index is 2.27. The van der Waals surface area contributed by atoms with Crippen molar-refractivity contribution in [3.63, 3.8) is 0 Å². The molecule has 0 fully saturated rings. The van der Waals surface area contributed by atoms with Gasteiger partial charge < -0.3 is 5.32 Å². The summed E-state index contributed by atoms with van der Waals surface area (Å²) < 4.78 is 54.9. The van der Waals surface area contributed by atoms with E-state index in [1.165, 1.54) is 24.3 Å². The number of nitrogens with one attached hydrogen (secondary N) is 1. The first-order chi connectivity index (χ1) is 15.8. The highest BCUT2D eigenvalue weighted by atomic mass is 79.9. The molecule has 1 amide bonds. The van der Waals surface area contributed by atoms with Gasteiger partial charge in [0.25, 0.3) is 5.91 Å². The molecule has 182 valence electrons. The molecule has 0 aliphatic carbocycles. The third kappa shape index (κ3) is 6.93. The molecule has 0 aliphatic heterocycles. The Morgan fingerprint density at radius 2 is 1.76 bits per heavy atom. The molecule has 2 unspecified atom stereocenters. The second kappa shape index (κ2) is 11.5. The maximum atomic E-state index is 13.7. The molecule has 10 heteroatoms. The van der Waals surface area contributed by atoms with Gasteiger partial charge in [-0.05, 0) is 57.7 Å². The van der Waals surface area contributed by atoms with Crippen LogP contribution >= 0.6 is 39.1 Å². The lowest BCUT2D eigenvalue weighted by Gasteiger charge is -2.18. The van der Waals surface area contributed by atoms with Gasteiger partial charge in [-0.25, -0.2) is 4.39 Å². The van der Waals surface area contributed by atoms with Crippen molar-refractivity contribution in [2.24, 2.45) is 5.92 Å². The summed E-state index contributed by atoms with van der Waals surface area (Å²) in [5.74, 6) is -4.27. The number of hydrogen-bond donors (Lipinski definition) is 1. The number of Topliss-reactive ketones (excluding diaryl/α,β-unsaturated/α-hetero) is 1. The minimum atomic E-state index is -4.69. The number of carbonyl (C=O) groups is 2. The van der Waals surface area contributed by atoms with E-state index in [-0.39, 0.29) is 28.5 Å². The molecule has 34 heavy (non-hydrogen) atoms. The van der Waals surface area contributed by atoms with Gasteiger partial charge in [0, 0.05) is 10.4 Å². The minimum Gasteiger partial charge on any atom is -0.319 e. The van der Waals surface area contributed by atoms with Crippen LogP contribution in [-0.2, 0) is 4.79 Å². The molecule has 0 heterocycles. The van der Waals surface area contributed by atoms with E-state index in [1.54, 1.807) is 6.92 Å². The smallest absolute Gasteiger partial charge is 0.319 e. The van der Waals surface area contributed by atoms with E-state index in [1.807, 2.05) is 6.92 Å². The molecular formula is C24H20BrCl2F4NO2. The van der Waals surface area contributed by atoms with Crippen molar-refractivity contribution in [2.45, 2.75) is 32.4 Å². The van der Waals surface area contributed by atoms with Crippen LogP contribution in [-0.4, -0.2) is 17.9 Å². The average molecular weight is 581 g/mol. The van der Waals surface area contributed by atoms with Crippen molar-refractivity contribution in [1.29, 1.82) is 0 Å². The number of ketones is 1. The lowest BCUT2D eigenvalue weighted by Crippen LogP contribution is -2.29. The zero-order valence-corrected chi connectivity index (χ0v) is 21.2. The number of halogens is 7. The molecule has 0 aliphatic rings. The quantitative estimate of drug-likeness (QED) is 0.195. The number of amides is 1. The predicted molar refractivity (Wildman–Crippen MR) is 129 cm³/mol. The van der Waals surface area contributed by atoms with Crippen LogP contribution in [0.15, 0.2) is 53.2 Å². The molecule has 0 spiro atoms. The van der Waals surface area contributed by atoms with Gasteiger partial charge in [-0.15, -0.1) is 0 Å². The highest BCUT2D eigenvalue weighted by molar-refractivity contribution is 9.10. The molecule has 0 radical (unpaired) electrons. The molecule has 2 atom stereocenters. The molecule has 0 saturated heterocycles. The normalized spacial score (nSPS) is 13.6. The number of allylic oxidation sites excluding steroid dienone is 2. The number of carbonyl (C=O) groups excluding carboxylic acids is 2. The van der Waals surface area contributed by atoms with Crippen molar-refractivity contribution in [3.05, 3.63) is 85.7 Å². The molecule has 1 N–H and O–H groups in total. The fourth-order valence-corrected chi connectivity index (χ4v) is 4.02. The van der Waals surface area contributed by atoms with Gasteiger partial charge in [-0.3, -0.25) is 9.59 Å². The van der Waals surface area contributed by atoms with E-state index in [0.717, 1.165) is 18.2 Å². The van der Waals surface area contributed by atoms with Crippen LogP contribution in [0.1, 0.15) is 47.7 Å². The van der Waals surface area contributed by atoms with E-state index >= 15 is 0 Å². The Morgan fingerprint density at radius 1 is 1.18 bits per heavy atom. The topological polar surface area (TPSA) is 46.2 Å². The number of hydrogen-bond acceptors (Lipinski definition) is 2. The van der Waals surface area contributed by atoms with Crippen molar-refractivity contribution < 1.29 is 27.2 Å². The fourth-order valence-electron chi connectivity index (χ4n) is 2.94. The van der Waals surface area contributed by atoms with E-state index in [4.69, 9.17) is 23.2 Å². The van der Waals surface area contributed by atoms with Crippen LogP contribution in [0.3, 0.4) is 0 Å². The summed E-state index contributed by atoms with van der Waals surface area (Å²) in [5, 5.41) is 1.41. The Bertz CT molecular complexity index is 1130. The van der Waals surface area contributed by atoms with Gasteiger partial charge in [0.05, 0.1) is 27.2 Å². The predicted octanol–water partition coefficient (Wildman–Crippen LogP) is 8.11. The number of benzene rings is 2. The number of alkyl halides is 3. The van der Waals surface area contributed by atoms with Gasteiger partial charge >= 0.3 is 6.18 Å². The Morgan fingerprint density at radius 3 is 2.26 bits per heavy atom. The van der Waals surface area contributed by atoms with Crippen molar-refractivity contribution in [3.8, 4) is 0 Å². The summed E-state index contributed by atoms with van der Waals surface area (Å²) in [7, 11) is 0. The van der Waals surface area contributed by atoms with Gasteiger partial charge in [0.15, 0.2) is 11.6 Å². The molecule has 0 saturated carbocycles. The maximum Gasteiger partial charge on any atom is 0.399 e. The van der Waals surface area contributed by atoms with Crippen LogP contribution in [0.4, 0.5) is 17.6 Å². The molecule has 3 nitrogen and oxygen atoms in total. The first kappa shape index (κ1) is 28.1. The first-order valence-corrected chi connectivity index (χ1v) is 11.5. The molecule has 2 aromatic rings. The lowest BCUT2D eigenvalue weighted by molar-refractivity contribution is -0.139. The average Bonchev–Trinajstić information content (AvgIpc) is 2.75. The summed E-state index contributed by atoms with van der Waals surface area (Å²) in [6.07, 6.45) is -2.01. The zero-order chi connectivity index (χ0) is 25.8. The standard InChI is InChI=1S/C24H20BrCl2F4NO2/c1-4-12(2)22(33)13(3)32-23(34)16-7-5-14(9-18(16)25)6-8-17(24(29,30)31)15-10-19(26)21(28)20(27)11-15/h5-12,17H,3-4H2,1-2H3,(H,32,34). The van der Waals surface area contributed by atoms with Crippen molar-refractivity contribution in [2.75, 3.05) is 0 Å². The second-order valence-electron chi connectivity index (χ2n) is 7.52. The van der Waals surface area contributed by atoms with Crippen LogP contribution in [0.25, 0.3) is 6.08 Å². The largest absolute Gasteiger partial charge is 0.399 e. The van der Waals surface area contributed by atoms with Crippen molar-refractivity contribution >= 4 is 56.9 Å². The molecule has 0 bridgehead atoms. The Hall–Kier alpha value is -2.16. The van der Waals surface area contributed by atoms with E-state index in [0.29, 0.717) is 16.5 Å². The van der Waals surface area contributed by atoms with Gasteiger partial charge in [0.2, 0.25) is 0 Å². The van der Waals surface area contributed by atoms with E-state index in [9.17, 15) is 27.2 Å². The monoisotopic (exact) mass is 579 g/mol. The summed E-state index contributed by atoms with van der Waals surface area (Å²) >= 11 is 14.5. The van der Waals surface area contributed by atoms with Gasteiger partial charge in [0.1, 0.15) is 0 Å². The summed E-state index contributed by atoms with van der Waals surface area (Å²) in [6.45, 7) is 7.16. The van der Waals surface area contributed by atoms with Crippen LogP contribution in [0.2, 0.25) is 10.0 Å². The van der Waals surface area contributed by atoms with Crippen LogP contribution in [0.5, 0.6) is 0 Å².